The van der Waals surface area contributed by atoms with E-state index in [1.54, 1.807) is 0 Å². The van der Waals surface area contributed by atoms with E-state index in [2.05, 4.69) is 27.5 Å². The summed E-state index contributed by atoms with van der Waals surface area (Å²) in [6.07, 6.45) is 9.17. The predicted octanol–water partition coefficient (Wildman–Crippen LogP) is 2.66. The normalized spacial score (nSPS) is 29.1. The number of nitrogens with zero attached hydrogens (tertiary/aromatic N) is 3. The highest BCUT2D eigenvalue weighted by molar-refractivity contribution is 4.90. The van der Waals surface area contributed by atoms with Crippen LogP contribution in [0.1, 0.15) is 63.6 Å². The fourth-order valence-electron chi connectivity index (χ4n) is 2.49. The van der Waals surface area contributed by atoms with Crippen molar-refractivity contribution in [3.63, 3.8) is 0 Å². The van der Waals surface area contributed by atoms with Crippen molar-refractivity contribution in [1.82, 2.24) is 20.6 Å². The molecular weight excluding hydrogens is 188 g/mol. The van der Waals surface area contributed by atoms with Crippen LogP contribution in [0, 0.1) is 5.92 Å². The van der Waals surface area contributed by atoms with E-state index < -0.39 is 0 Å². The highest BCUT2D eigenvalue weighted by Crippen LogP contribution is 2.29. The first-order valence-corrected chi connectivity index (χ1v) is 6.09. The van der Waals surface area contributed by atoms with Crippen molar-refractivity contribution in [3.05, 3.63) is 5.82 Å². The number of nitrogens with one attached hydrogen (secondary N) is 1. The second-order valence-electron chi connectivity index (χ2n) is 4.79. The van der Waals surface area contributed by atoms with Gasteiger partial charge in [0.1, 0.15) is 0 Å². The van der Waals surface area contributed by atoms with E-state index in [-0.39, 0.29) is 0 Å². The first-order chi connectivity index (χ1) is 7.36. The van der Waals surface area contributed by atoms with Gasteiger partial charge in [-0.2, -0.15) is 5.21 Å². The number of hydrogen-bond donors (Lipinski definition) is 1. The highest BCUT2D eigenvalue weighted by atomic mass is 15.5. The fourth-order valence-corrected chi connectivity index (χ4v) is 2.49. The summed E-state index contributed by atoms with van der Waals surface area (Å²) in [5.74, 6) is 2.35. The predicted molar refractivity (Wildman–Crippen MR) is 58.4 cm³/mol. The molecule has 1 aromatic rings. The first-order valence-electron chi connectivity index (χ1n) is 6.09. The Morgan fingerprint density at radius 2 is 1.80 bits per heavy atom. The summed E-state index contributed by atoms with van der Waals surface area (Å²) in [5.41, 5.74) is 0. The average Bonchev–Trinajstić information content (AvgIpc) is 2.74. The quantitative estimate of drug-likeness (QED) is 0.772. The van der Waals surface area contributed by atoms with E-state index in [9.17, 15) is 0 Å². The summed E-state index contributed by atoms with van der Waals surface area (Å²) in [5, 5.41) is 14.4. The molecule has 4 heteroatoms. The molecule has 0 saturated heterocycles. The number of tetrazole rings is 1. The van der Waals surface area contributed by atoms with E-state index in [1.807, 2.05) is 0 Å². The first kappa shape index (κ1) is 10.6. The number of rotatable bonds is 1. The Morgan fingerprint density at radius 1 is 1.07 bits per heavy atom. The molecule has 0 radical (unpaired) electrons. The van der Waals surface area contributed by atoms with Gasteiger partial charge in [-0.25, -0.2) is 0 Å². The molecule has 1 fully saturated rings. The van der Waals surface area contributed by atoms with E-state index in [1.165, 1.54) is 44.9 Å². The monoisotopic (exact) mass is 208 g/mol. The van der Waals surface area contributed by atoms with Crippen molar-refractivity contribution >= 4 is 0 Å². The van der Waals surface area contributed by atoms with Gasteiger partial charge in [-0.1, -0.05) is 44.2 Å². The third-order valence-electron chi connectivity index (χ3n) is 3.48. The molecule has 1 aliphatic rings. The largest absolute Gasteiger partial charge is 0.177 e. The molecule has 1 heterocycles. The molecule has 2 unspecified atom stereocenters. The lowest BCUT2D eigenvalue weighted by Crippen LogP contribution is -2.01. The molecule has 2 atom stereocenters. The molecule has 0 aromatic carbocycles. The van der Waals surface area contributed by atoms with Crippen molar-refractivity contribution in [2.24, 2.45) is 5.92 Å². The smallest absolute Gasteiger partial charge is 0.177 e. The lowest BCUT2D eigenvalue weighted by Gasteiger charge is -2.10. The molecule has 0 bridgehead atoms. The van der Waals surface area contributed by atoms with E-state index >= 15 is 0 Å². The van der Waals surface area contributed by atoms with Gasteiger partial charge in [0.15, 0.2) is 5.82 Å². The molecule has 15 heavy (non-hydrogen) atoms. The maximum atomic E-state index is 4.11. The molecule has 0 spiro atoms. The Morgan fingerprint density at radius 3 is 2.60 bits per heavy atom. The van der Waals surface area contributed by atoms with Crippen LogP contribution in [0.15, 0.2) is 0 Å². The van der Waals surface area contributed by atoms with Gasteiger partial charge < -0.3 is 0 Å². The van der Waals surface area contributed by atoms with Crippen LogP contribution in [-0.4, -0.2) is 20.6 Å². The Kier molecular flexibility index (Phi) is 3.69. The Bertz CT molecular complexity index is 270. The van der Waals surface area contributed by atoms with Gasteiger partial charge >= 0.3 is 0 Å². The SMILES string of the molecule is CC1CCCCC(c2nn[nH]n2)CCC1. The van der Waals surface area contributed by atoms with E-state index in [0.717, 1.165) is 11.7 Å². The van der Waals surface area contributed by atoms with Crippen molar-refractivity contribution in [2.75, 3.05) is 0 Å². The van der Waals surface area contributed by atoms with Gasteiger partial charge in [-0.3, -0.25) is 0 Å². The summed E-state index contributed by atoms with van der Waals surface area (Å²) in [7, 11) is 0. The summed E-state index contributed by atoms with van der Waals surface area (Å²) in [6, 6.07) is 0. The Labute approximate surface area is 90.8 Å². The topological polar surface area (TPSA) is 54.5 Å². The van der Waals surface area contributed by atoms with Gasteiger partial charge in [0, 0.05) is 5.92 Å². The van der Waals surface area contributed by atoms with Crippen LogP contribution in [0.4, 0.5) is 0 Å². The zero-order valence-electron chi connectivity index (χ0n) is 9.45. The minimum absolute atomic E-state index is 0.536. The van der Waals surface area contributed by atoms with Crippen LogP contribution in [0.2, 0.25) is 0 Å². The maximum absolute atomic E-state index is 4.11. The zero-order chi connectivity index (χ0) is 10.5. The molecule has 1 aliphatic carbocycles. The van der Waals surface area contributed by atoms with E-state index in [0.29, 0.717) is 5.92 Å². The maximum Gasteiger partial charge on any atom is 0.177 e. The van der Waals surface area contributed by atoms with Crippen LogP contribution in [0.5, 0.6) is 0 Å². The van der Waals surface area contributed by atoms with Crippen LogP contribution in [0.25, 0.3) is 0 Å². The molecule has 1 saturated carbocycles. The van der Waals surface area contributed by atoms with Gasteiger partial charge in [0.05, 0.1) is 0 Å². The second-order valence-corrected chi connectivity index (χ2v) is 4.79. The molecule has 1 aromatic heterocycles. The molecule has 0 amide bonds. The molecule has 0 aliphatic heterocycles. The number of H-pyrrole nitrogens is 1. The third kappa shape index (κ3) is 3.01. The molecule has 4 nitrogen and oxygen atoms in total. The van der Waals surface area contributed by atoms with Crippen LogP contribution >= 0.6 is 0 Å². The molecule has 84 valence electrons. The van der Waals surface area contributed by atoms with Crippen LogP contribution in [-0.2, 0) is 0 Å². The van der Waals surface area contributed by atoms with Gasteiger partial charge in [0.25, 0.3) is 0 Å². The second kappa shape index (κ2) is 5.24. The lowest BCUT2D eigenvalue weighted by atomic mass is 9.96. The van der Waals surface area contributed by atoms with Gasteiger partial charge in [-0.15, -0.1) is 10.2 Å². The minimum atomic E-state index is 0.536. The highest BCUT2D eigenvalue weighted by Gasteiger charge is 2.17. The number of aromatic amines is 1. The molecule has 2 rings (SSSR count). The molecule has 1 N–H and O–H groups in total. The van der Waals surface area contributed by atoms with Gasteiger partial charge in [-0.05, 0) is 18.8 Å². The van der Waals surface area contributed by atoms with Crippen LogP contribution < -0.4 is 0 Å². The fraction of sp³-hybridized carbons (Fsp3) is 0.909. The van der Waals surface area contributed by atoms with Crippen LogP contribution in [0.3, 0.4) is 0 Å². The Hall–Kier alpha value is -0.930. The number of hydrogen-bond acceptors (Lipinski definition) is 3. The summed E-state index contributed by atoms with van der Waals surface area (Å²) in [6.45, 7) is 2.37. The summed E-state index contributed by atoms with van der Waals surface area (Å²) in [4.78, 5) is 0. The molecular formula is C11H20N4. The minimum Gasteiger partial charge on any atom is -0.177 e. The summed E-state index contributed by atoms with van der Waals surface area (Å²) < 4.78 is 0. The van der Waals surface area contributed by atoms with Crippen molar-refractivity contribution in [1.29, 1.82) is 0 Å². The van der Waals surface area contributed by atoms with E-state index in [4.69, 9.17) is 0 Å². The van der Waals surface area contributed by atoms with Crippen molar-refractivity contribution < 1.29 is 0 Å². The standard InChI is InChI=1S/C11H20N4/c1-9-5-2-3-7-10(8-4-6-9)11-12-14-15-13-11/h9-10H,2-8H2,1H3,(H,12,13,14,15). The third-order valence-corrected chi connectivity index (χ3v) is 3.48. The summed E-state index contributed by atoms with van der Waals surface area (Å²) >= 11 is 0. The Balaban J connectivity index is 1.94. The van der Waals surface area contributed by atoms with Gasteiger partial charge in [0.2, 0.25) is 0 Å². The zero-order valence-corrected chi connectivity index (χ0v) is 9.45. The van der Waals surface area contributed by atoms with Crippen molar-refractivity contribution in [2.45, 2.75) is 57.8 Å². The van der Waals surface area contributed by atoms with Crippen molar-refractivity contribution in [3.8, 4) is 0 Å². The average molecular weight is 208 g/mol. The number of aromatic nitrogens is 4. The lowest BCUT2D eigenvalue weighted by molar-refractivity contribution is 0.461.